The topological polar surface area (TPSA) is 140 Å². The fourth-order valence-electron chi connectivity index (χ4n) is 4.24. The van der Waals surface area contributed by atoms with Gasteiger partial charge in [-0.2, -0.15) is 4.31 Å². The van der Waals surface area contributed by atoms with Crippen LogP contribution >= 0.6 is 0 Å². The number of methoxy groups -OCH3 is 2. The average Bonchev–Trinajstić information content (AvgIpc) is 2.96. The van der Waals surface area contributed by atoms with Gasteiger partial charge in [0.25, 0.3) is 15.7 Å². The first-order valence-electron chi connectivity index (χ1n) is 11.8. The lowest BCUT2D eigenvalue weighted by molar-refractivity contribution is -0.385. The number of anilines is 2. The molecule has 0 atom stereocenters. The third-order valence-electron chi connectivity index (χ3n) is 6.49. The number of piperazine rings is 1. The second kappa shape index (κ2) is 11.1. The molecule has 1 aliphatic rings. The first-order chi connectivity index (χ1) is 18.5. The molecular weight excluding hydrogens is 548 g/mol. The maximum absolute atomic E-state index is 13.4. The Bertz CT molecular complexity index is 1570. The quantitative estimate of drug-likeness (QED) is 0.278. The number of hydrogen-bond acceptors (Lipinski definition) is 9. The third-order valence-corrected chi connectivity index (χ3v) is 10.2. The lowest BCUT2D eigenvalue weighted by atomic mass is 10.2. The van der Waals surface area contributed by atoms with Gasteiger partial charge in [-0.15, -0.1) is 0 Å². The van der Waals surface area contributed by atoms with Crippen LogP contribution < -0.4 is 18.7 Å². The zero-order chi connectivity index (χ0) is 28.4. The molecule has 1 aliphatic heterocycles. The van der Waals surface area contributed by atoms with Crippen LogP contribution in [0.25, 0.3) is 0 Å². The molecule has 208 valence electrons. The van der Waals surface area contributed by atoms with E-state index >= 15 is 0 Å². The van der Waals surface area contributed by atoms with Gasteiger partial charge in [-0.1, -0.05) is 6.07 Å². The Morgan fingerprint density at radius 1 is 0.846 bits per heavy atom. The molecule has 3 aromatic carbocycles. The maximum atomic E-state index is 13.4. The van der Waals surface area contributed by atoms with E-state index in [0.717, 1.165) is 6.07 Å². The molecule has 1 heterocycles. The summed E-state index contributed by atoms with van der Waals surface area (Å²) in [5.41, 5.74) is 0.652. The first-order valence-corrected chi connectivity index (χ1v) is 14.7. The molecule has 0 bridgehead atoms. The number of nitro benzene ring substituents is 1. The Balaban J connectivity index is 1.56. The number of benzene rings is 3. The smallest absolute Gasteiger partial charge is 0.270 e. The molecule has 0 radical (unpaired) electrons. The van der Waals surface area contributed by atoms with Crippen LogP contribution in [0.4, 0.5) is 17.1 Å². The van der Waals surface area contributed by atoms with Crippen LogP contribution in [-0.2, 0) is 20.0 Å². The number of ether oxygens (including phenoxy) is 2. The van der Waals surface area contributed by atoms with Crippen LogP contribution in [0.3, 0.4) is 0 Å². The number of hydrogen-bond donors (Lipinski definition) is 0. The molecular formula is C25H28N4O8S2. The van der Waals surface area contributed by atoms with E-state index in [1.165, 1.54) is 60.2 Å². The van der Waals surface area contributed by atoms with Crippen molar-refractivity contribution in [3.05, 3.63) is 76.8 Å². The molecule has 0 amide bonds. The van der Waals surface area contributed by atoms with Crippen LogP contribution in [0, 0.1) is 10.1 Å². The van der Waals surface area contributed by atoms with Gasteiger partial charge in [0.2, 0.25) is 10.0 Å². The highest BCUT2D eigenvalue weighted by molar-refractivity contribution is 7.92. The van der Waals surface area contributed by atoms with Crippen LogP contribution in [0.2, 0.25) is 0 Å². The molecule has 4 rings (SSSR count). The van der Waals surface area contributed by atoms with Gasteiger partial charge < -0.3 is 14.4 Å². The van der Waals surface area contributed by atoms with Crippen molar-refractivity contribution in [2.75, 3.05) is 56.7 Å². The minimum Gasteiger partial charge on any atom is -0.497 e. The van der Waals surface area contributed by atoms with Crippen molar-refractivity contribution in [1.29, 1.82) is 0 Å². The zero-order valence-corrected chi connectivity index (χ0v) is 23.2. The fraction of sp³-hybridized carbons (Fsp3) is 0.280. The molecule has 39 heavy (non-hydrogen) atoms. The normalized spacial score (nSPS) is 14.6. The standard InChI is InChI=1S/C25H28N4O8S2/c1-26(19-7-9-21(36-2)10-8-19)38(32,33)23-11-12-25(37-3)24(18-23)27-13-15-28(16-14-27)39(34,35)22-6-4-5-20(17-22)29(30)31/h4-12,17-18H,13-16H2,1-3H3. The number of rotatable bonds is 9. The molecule has 1 fully saturated rings. The van der Waals surface area contributed by atoms with Gasteiger partial charge in [0.05, 0.1) is 40.3 Å². The maximum Gasteiger partial charge on any atom is 0.270 e. The van der Waals surface area contributed by atoms with Gasteiger partial charge >= 0.3 is 0 Å². The summed E-state index contributed by atoms with van der Waals surface area (Å²) < 4.78 is 66.2. The Labute approximate surface area is 227 Å². The van der Waals surface area contributed by atoms with Crippen molar-refractivity contribution >= 4 is 37.1 Å². The number of non-ortho nitro benzene ring substituents is 1. The van der Waals surface area contributed by atoms with E-state index in [4.69, 9.17) is 9.47 Å². The van der Waals surface area contributed by atoms with Gasteiger partial charge in [-0.3, -0.25) is 14.4 Å². The van der Waals surface area contributed by atoms with Crippen LogP contribution in [0.5, 0.6) is 11.5 Å². The summed E-state index contributed by atoms with van der Waals surface area (Å²) >= 11 is 0. The molecule has 12 nitrogen and oxygen atoms in total. The predicted octanol–water partition coefficient (Wildman–Crippen LogP) is 2.95. The van der Waals surface area contributed by atoms with E-state index in [0.29, 0.717) is 22.9 Å². The average molecular weight is 577 g/mol. The number of nitro groups is 1. The van der Waals surface area contributed by atoms with Crippen molar-refractivity contribution in [1.82, 2.24) is 4.31 Å². The van der Waals surface area contributed by atoms with Crippen molar-refractivity contribution in [3.8, 4) is 11.5 Å². The highest BCUT2D eigenvalue weighted by Gasteiger charge is 2.31. The second-order valence-electron chi connectivity index (χ2n) is 8.65. The van der Waals surface area contributed by atoms with Crippen molar-refractivity contribution < 1.29 is 31.2 Å². The second-order valence-corrected chi connectivity index (χ2v) is 12.6. The minimum absolute atomic E-state index is 0.0447. The lowest BCUT2D eigenvalue weighted by Crippen LogP contribution is -2.48. The van der Waals surface area contributed by atoms with Gasteiger partial charge in [0, 0.05) is 45.4 Å². The molecule has 0 aromatic heterocycles. The molecule has 1 saturated heterocycles. The van der Waals surface area contributed by atoms with E-state index in [2.05, 4.69) is 0 Å². The SMILES string of the molecule is COc1ccc(N(C)S(=O)(=O)c2ccc(OC)c(N3CCN(S(=O)(=O)c4cccc([N+](=O)[O-])c4)CC3)c2)cc1. The predicted molar refractivity (Wildman–Crippen MR) is 146 cm³/mol. The Morgan fingerprint density at radius 2 is 1.51 bits per heavy atom. The highest BCUT2D eigenvalue weighted by atomic mass is 32.2. The summed E-state index contributed by atoms with van der Waals surface area (Å²) in [5, 5.41) is 11.1. The summed E-state index contributed by atoms with van der Waals surface area (Å²) in [7, 11) is -3.43. The summed E-state index contributed by atoms with van der Waals surface area (Å²) in [6, 6.07) is 16.1. The molecule has 0 aliphatic carbocycles. The summed E-state index contributed by atoms with van der Waals surface area (Å²) in [4.78, 5) is 12.2. The van der Waals surface area contributed by atoms with Gasteiger partial charge in [0.15, 0.2) is 0 Å². The van der Waals surface area contributed by atoms with E-state index in [1.54, 1.807) is 30.3 Å². The molecule has 0 saturated carbocycles. The Morgan fingerprint density at radius 3 is 2.10 bits per heavy atom. The fourth-order valence-corrected chi connectivity index (χ4v) is 6.92. The van der Waals surface area contributed by atoms with Crippen LogP contribution in [0.1, 0.15) is 0 Å². The van der Waals surface area contributed by atoms with Crippen molar-refractivity contribution in [2.24, 2.45) is 0 Å². The van der Waals surface area contributed by atoms with E-state index in [-0.39, 0.29) is 41.7 Å². The Kier molecular flexibility index (Phi) is 7.99. The van der Waals surface area contributed by atoms with Gasteiger partial charge in [0.1, 0.15) is 11.5 Å². The number of sulfonamides is 2. The van der Waals surface area contributed by atoms with Crippen molar-refractivity contribution in [2.45, 2.75) is 9.79 Å². The highest BCUT2D eigenvalue weighted by Crippen LogP contribution is 2.34. The molecule has 14 heteroatoms. The van der Waals surface area contributed by atoms with E-state index in [1.807, 2.05) is 4.90 Å². The third kappa shape index (κ3) is 5.62. The van der Waals surface area contributed by atoms with E-state index < -0.39 is 25.0 Å². The van der Waals surface area contributed by atoms with Gasteiger partial charge in [-0.05, 0) is 48.5 Å². The molecule has 0 unspecified atom stereocenters. The summed E-state index contributed by atoms with van der Waals surface area (Å²) in [6.07, 6.45) is 0. The van der Waals surface area contributed by atoms with E-state index in [9.17, 15) is 26.9 Å². The minimum atomic E-state index is -3.96. The monoisotopic (exact) mass is 576 g/mol. The molecule has 3 aromatic rings. The molecule has 0 spiro atoms. The molecule has 0 N–H and O–H groups in total. The summed E-state index contributed by atoms with van der Waals surface area (Å²) in [5.74, 6) is 1.04. The van der Waals surface area contributed by atoms with Gasteiger partial charge in [-0.25, -0.2) is 16.8 Å². The number of nitrogens with zero attached hydrogens (tertiary/aromatic N) is 4. The van der Waals surface area contributed by atoms with Crippen molar-refractivity contribution in [3.63, 3.8) is 0 Å². The van der Waals surface area contributed by atoms with Crippen LogP contribution in [0.15, 0.2) is 76.5 Å². The zero-order valence-electron chi connectivity index (χ0n) is 21.6. The first kappa shape index (κ1) is 28.1. The Hall–Kier alpha value is -3.88. The van der Waals surface area contributed by atoms with Crippen LogP contribution in [-0.4, -0.2) is 73.5 Å². The summed E-state index contributed by atoms with van der Waals surface area (Å²) in [6.45, 7) is 0.693. The lowest BCUT2D eigenvalue weighted by Gasteiger charge is -2.36. The largest absolute Gasteiger partial charge is 0.497 e.